The van der Waals surface area contributed by atoms with Gasteiger partial charge >= 0.3 is 11.9 Å². The summed E-state index contributed by atoms with van der Waals surface area (Å²) in [5.41, 5.74) is 2.64. The number of carbonyl (C=O) groups is 2. The van der Waals surface area contributed by atoms with Crippen molar-refractivity contribution < 1.29 is 51.2 Å². The summed E-state index contributed by atoms with van der Waals surface area (Å²) in [6.45, 7) is 8.42. The number of hydrogen-bond acceptors (Lipinski definition) is 10. The molecule has 2 heterocycles. The Hall–Kier alpha value is -2.53. The average Bonchev–Trinajstić information content (AvgIpc) is 3.92. The highest BCUT2D eigenvalue weighted by Crippen LogP contribution is 2.38. The maximum Gasteiger partial charge on any atom is 0.306 e. The molecule has 3 unspecified atom stereocenters. The fourth-order valence-electron chi connectivity index (χ4n) is 7.04. The highest BCUT2D eigenvalue weighted by Gasteiger charge is 2.36. The molecule has 0 aromatic carbocycles. The van der Waals surface area contributed by atoms with Gasteiger partial charge in [-0.2, -0.15) is 0 Å². The van der Waals surface area contributed by atoms with E-state index in [1.165, 1.54) is 68.3 Å². The first-order valence-corrected chi connectivity index (χ1v) is 25.6. The minimum Gasteiger partial charge on any atom is -0.756 e. The van der Waals surface area contributed by atoms with Crippen molar-refractivity contribution in [2.24, 2.45) is 0 Å². The summed E-state index contributed by atoms with van der Waals surface area (Å²) in [5, 5.41) is 0. The van der Waals surface area contributed by atoms with Crippen molar-refractivity contribution in [3.8, 4) is 0 Å². The van der Waals surface area contributed by atoms with Gasteiger partial charge in [-0.25, -0.2) is 0 Å². The molecule has 1 aliphatic heterocycles. The van der Waals surface area contributed by atoms with Crippen LogP contribution in [0.5, 0.6) is 0 Å². The summed E-state index contributed by atoms with van der Waals surface area (Å²) in [6.07, 6.45) is 36.0. The second-order valence-corrected chi connectivity index (χ2v) is 19.5. The largest absolute Gasteiger partial charge is 0.756 e. The van der Waals surface area contributed by atoms with Crippen molar-refractivity contribution in [3.63, 3.8) is 0 Å². The van der Waals surface area contributed by atoms with Crippen molar-refractivity contribution >= 4 is 19.8 Å². The van der Waals surface area contributed by atoms with Crippen molar-refractivity contribution in [3.05, 3.63) is 59.1 Å². The molecule has 4 atom stereocenters. The fraction of sp³-hybridized carbons (Fsp3) is 0.760. The Balaban J connectivity index is 1.64. The van der Waals surface area contributed by atoms with Crippen LogP contribution in [0.2, 0.25) is 0 Å². The Morgan fingerprint density at radius 3 is 1.85 bits per heavy atom. The second kappa shape index (κ2) is 33.0. The molecule has 0 N–H and O–H groups in total. The zero-order chi connectivity index (χ0) is 45.5. The van der Waals surface area contributed by atoms with Crippen molar-refractivity contribution in [1.82, 2.24) is 0 Å². The number of aryl methyl sites for hydroxylation is 2. The maximum atomic E-state index is 12.8. The summed E-state index contributed by atoms with van der Waals surface area (Å²) in [4.78, 5) is 37.8. The smallest absolute Gasteiger partial charge is 0.306 e. The zero-order valence-electron chi connectivity index (χ0n) is 40.0. The molecule has 1 aromatic rings. The van der Waals surface area contributed by atoms with Gasteiger partial charge in [-0.1, -0.05) is 115 Å². The molecule has 0 amide bonds. The van der Waals surface area contributed by atoms with E-state index < -0.39 is 32.5 Å². The molecule has 1 aliphatic rings. The first kappa shape index (κ1) is 55.6. The number of rotatable bonds is 39. The molecule has 356 valence electrons. The number of epoxide rings is 1. The monoisotopic (exact) mass is 892 g/mol. The Morgan fingerprint density at radius 1 is 0.677 bits per heavy atom. The molecule has 1 aromatic heterocycles. The van der Waals surface area contributed by atoms with Gasteiger partial charge in [0.15, 0.2) is 6.10 Å². The number of allylic oxidation sites excluding steroid dienone is 4. The third kappa shape index (κ3) is 28.3. The maximum absolute atomic E-state index is 12.8. The van der Waals surface area contributed by atoms with E-state index in [0.717, 1.165) is 82.8 Å². The summed E-state index contributed by atoms with van der Waals surface area (Å²) in [7, 11) is 1.10. The van der Waals surface area contributed by atoms with Gasteiger partial charge in [-0.05, 0) is 89.2 Å². The van der Waals surface area contributed by atoms with Crippen LogP contribution in [0, 0.1) is 13.8 Å². The Morgan fingerprint density at radius 2 is 1.21 bits per heavy atom. The second-order valence-electron chi connectivity index (χ2n) is 18.1. The SMILES string of the molecule is CCCCC/C=C\CC1OC1C/C=C\C/C=C\CCCC(=O)OC[C@H](COP(=O)([O-])OCC[N+](C)(C)C)OC(=O)CCCCCCCCCCc1oc(CCCCC)c(C)c1C. The third-order valence-corrected chi connectivity index (χ3v) is 12.2. The lowest BCUT2D eigenvalue weighted by Gasteiger charge is -2.28. The molecule has 0 spiro atoms. The average molecular weight is 892 g/mol. The molecule has 0 bridgehead atoms. The van der Waals surface area contributed by atoms with Crippen molar-refractivity contribution in [2.75, 3.05) is 47.5 Å². The van der Waals surface area contributed by atoms with E-state index in [-0.39, 0.29) is 26.1 Å². The minimum atomic E-state index is -4.66. The number of quaternary nitrogens is 1. The number of ether oxygens (including phenoxy) is 3. The summed E-state index contributed by atoms with van der Waals surface area (Å²) >= 11 is 0. The third-order valence-electron chi connectivity index (χ3n) is 11.3. The minimum absolute atomic E-state index is 0.0496. The first-order valence-electron chi connectivity index (χ1n) is 24.2. The first-order chi connectivity index (χ1) is 29.7. The van der Waals surface area contributed by atoms with Crippen molar-refractivity contribution in [2.45, 2.75) is 200 Å². The number of esters is 2. The van der Waals surface area contributed by atoms with E-state index in [1.54, 1.807) is 0 Å². The topological polar surface area (TPSA) is 137 Å². The standard InChI is InChI=1S/C50H86NO10P/c1-8-10-12-13-21-28-34-47-48(61-47)35-29-23-18-16-20-24-30-36-49(52)56-40-44(41-58-62(54,55)57-39-38-51(5,6)7)59-50(53)37-31-25-19-15-14-17-22-27-33-46-43(4)42(3)45(60-46)32-26-11-9-2/h16,20-21,23,28-29,44,47-48H,8-15,17-19,22,24-27,30-41H2,1-7H3/b20-16-,28-21-,29-23-/t44-,47?,48?/m1/s1. The zero-order valence-corrected chi connectivity index (χ0v) is 40.9. The predicted octanol–water partition coefficient (Wildman–Crippen LogP) is 11.7. The molecular weight excluding hydrogens is 806 g/mol. The number of unbranched alkanes of at least 4 members (excludes halogenated alkanes) is 13. The lowest BCUT2D eigenvalue weighted by atomic mass is 10.0. The number of phosphoric ester groups is 1. The highest BCUT2D eigenvalue weighted by molar-refractivity contribution is 7.45. The van der Waals surface area contributed by atoms with Crippen LogP contribution in [0.15, 0.2) is 40.9 Å². The van der Waals surface area contributed by atoms with E-state index in [0.29, 0.717) is 36.1 Å². The summed E-state index contributed by atoms with van der Waals surface area (Å²) < 4.78 is 46.0. The van der Waals surface area contributed by atoms with E-state index in [4.69, 9.17) is 27.7 Å². The van der Waals surface area contributed by atoms with Crippen LogP contribution in [0.1, 0.15) is 178 Å². The normalized spacial score (nSPS) is 17.0. The van der Waals surface area contributed by atoms with Gasteiger partial charge in [0.05, 0.1) is 40.0 Å². The van der Waals surface area contributed by atoms with Gasteiger partial charge in [-0.3, -0.25) is 14.2 Å². The number of hydrogen-bond donors (Lipinski definition) is 0. The van der Waals surface area contributed by atoms with E-state index >= 15 is 0 Å². The van der Waals surface area contributed by atoms with Crippen LogP contribution in [0.3, 0.4) is 0 Å². The summed E-state index contributed by atoms with van der Waals surface area (Å²) in [6, 6.07) is 0. The van der Waals surface area contributed by atoms with Gasteiger partial charge in [0.1, 0.15) is 31.3 Å². The predicted molar refractivity (Wildman–Crippen MR) is 248 cm³/mol. The molecule has 0 radical (unpaired) electrons. The fourth-order valence-corrected chi connectivity index (χ4v) is 7.77. The number of phosphoric acid groups is 1. The highest BCUT2D eigenvalue weighted by atomic mass is 31.2. The molecule has 0 saturated carbocycles. The van der Waals surface area contributed by atoms with Crippen LogP contribution in [-0.4, -0.2) is 82.2 Å². The van der Waals surface area contributed by atoms with Crippen molar-refractivity contribution in [1.29, 1.82) is 0 Å². The molecule has 12 heteroatoms. The van der Waals surface area contributed by atoms with Crippen LogP contribution >= 0.6 is 7.82 Å². The molecule has 0 aliphatic carbocycles. The lowest BCUT2D eigenvalue weighted by molar-refractivity contribution is -0.870. The molecule has 1 saturated heterocycles. The van der Waals surface area contributed by atoms with Crippen LogP contribution < -0.4 is 4.89 Å². The van der Waals surface area contributed by atoms with Gasteiger partial charge in [0.2, 0.25) is 0 Å². The molecule has 2 rings (SSSR count). The Kier molecular flexibility index (Phi) is 29.6. The summed E-state index contributed by atoms with van der Waals surface area (Å²) in [5.74, 6) is 1.40. The van der Waals surface area contributed by atoms with Gasteiger partial charge in [0, 0.05) is 25.7 Å². The number of likely N-dealkylation sites (N-methyl/N-ethyl adjacent to an activating group) is 1. The lowest BCUT2D eigenvalue weighted by Crippen LogP contribution is -2.37. The van der Waals surface area contributed by atoms with E-state index in [9.17, 15) is 19.0 Å². The van der Waals surface area contributed by atoms with Crippen LogP contribution in [-0.2, 0) is 50.3 Å². The van der Waals surface area contributed by atoms with Crippen LogP contribution in [0.4, 0.5) is 0 Å². The Labute approximate surface area is 376 Å². The molecule has 1 fully saturated rings. The quantitative estimate of drug-likeness (QED) is 0.0157. The van der Waals surface area contributed by atoms with E-state index in [2.05, 4.69) is 64.2 Å². The Bertz CT molecular complexity index is 1490. The molecule has 11 nitrogen and oxygen atoms in total. The van der Waals surface area contributed by atoms with Gasteiger partial charge in [-0.15, -0.1) is 0 Å². The van der Waals surface area contributed by atoms with Gasteiger partial charge in [0.25, 0.3) is 7.82 Å². The number of nitrogens with zero attached hydrogens (tertiary/aromatic N) is 1. The van der Waals surface area contributed by atoms with Crippen LogP contribution in [0.25, 0.3) is 0 Å². The van der Waals surface area contributed by atoms with Gasteiger partial charge < -0.3 is 37.1 Å². The molecule has 62 heavy (non-hydrogen) atoms. The number of carbonyl (C=O) groups excluding carboxylic acids is 2. The van der Waals surface area contributed by atoms with E-state index in [1.807, 2.05) is 21.1 Å². The molecular formula is C50H86NO10P. The number of furan rings is 1.